The third-order valence-corrected chi connectivity index (χ3v) is 4.07. The van der Waals surface area contributed by atoms with E-state index in [-0.39, 0.29) is 23.7 Å². The second kappa shape index (κ2) is 7.49. The van der Waals surface area contributed by atoms with Gasteiger partial charge < -0.3 is 10.1 Å². The monoisotopic (exact) mass is 396 g/mol. The Morgan fingerprint density at radius 1 is 1.29 bits per heavy atom. The summed E-state index contributed by atoms with van der Waals surface area (Å²) in [6.45, 7) is 0.151. The van der Waals surface area contributed by atoms with Crippen LogP contribution in [0.3, 0.4) is 0 Å². The molecule has 0 spiro atoms. The first kappa shape index (κ1) is 17.7. The highest BCUT2D eigenvalue weighted by Crippen LogP contribution is 2.29. The Balaban J connectivity index is 1.58. The van der Waals surface area contributed by atoms with Gasteiger partial charge in [0.25, 0.3) is 5.91 Å². The van der Waals surface area contributed by atoms with Gasteiger partial charge in [0.1, 0.15) is 12.2 Å². The number of ether oxygens (including phenoxy) is 1. The molecule has 1 aliphatic heterocycles. The Labute approximate surface area is 163 Å². The zero-order chi connectivity index (χ0) is 19.5. The number of hydrogen-bond acceptors (Lipinski definition) is 6. The largest absolute Gasteiger partial charge is 0.420 e. The maximum atomic E-state index is 12.7. The summed E-state index contributed by atoms with van der Waals surface area (Å²) in [6.07, 6.45) is 8.77. The van der Waals surface area contributed by atoms with Crippen molar-refractivity contribution in [3.05, 3.63) is 65.7 Å². The van der Waals surface area contributed by atoms with Gasteiger partial charge in [-0.3, -0.25) is 14.7 Å². The summed E-state index contributed by atoms with van der Waals surface area (Å²) in [4.78, 5) is 34.4. The molecule has 0 bridgehead atoms. The normalized spacial score (nSPS) is 13.0. The van der Waals surface area contributed by atoms with Crippen LogP contribution in [-0.4, -0.2) is 44.4 Å². The van der Waals surface area contributed by atoms with Gasteiger partial charge in [-0.05, 0) is 30.3 Å². The highest BCUT2D eigenvalue weighted by molar-refractivity contribution is 6.31. The Kier molecular flexibility index (Phi) is 4.73. The van der Waals surface area contributed by atoms with Gasteiger partial charge in [0.2, 0.25) is 0 Å². The number of benzene rings is 1. The number of halogens is 1. The molecule has 0 radical (unpaired) electrons. The topological polar surface area (TPSA) is 101 Å². The van der Waals surface area contributed by atoms with Gasteiger partial charge >= 0.3 is 6.09 Å². The predicted octanol–water partition coefficient (Wildman–Crippen LogP) is 2.99. The molecular formula is C18H13ClN6O3. The number of carbonyl (C=O) groups excluding carboxylic acids is 2. The van der Waals surface area contributed by atoms with Crippen molar-refractivity contribution in [1.82, 2.24) is 19.5 Å². The Bertz CT molecular complexity index is 1120. The van der Waals surface area contributed by atoms with Crippen LogP contribution in [0.5, 0.6) is 5.75 Å². The van der Waals surface area contributed by atoms with Gasteiger partial charge in [-0.15, -0.1) is 0 Å². The predicted molar refractivity (Wildman–Crippen MR) is 103 cm³/mol. The minimum Gasteiger partial charge on any atom is -0.408 e. The van der Waals surface area contributed by atoms with Crippen molar-refractivity contribution in [2.75, 3.05) is 12.0 Å². The van der Waals surface area contributed by atoms with Crippen molar-refractivity contribution in [2.45, 2.75) is 0 Å². The lowest BCUT2D eigenvalue weighted by molar-refractivity contribution is 0.102. The molecule has 0 fully saturated rings. The van der Waals surface area contributed by atoms with Gasteiger partial charge in [0.15, 0.2) is 11.4 Å². The second-order valence-corrected chi connectivity index (χ2v) is 6.13. The first-order valence-electron chi connectivity index (χ1n) is 8.16. The first-order valence-corrected chi connectivity index (χ1v) is 8.54. The number of rotatable bonds is 3. The minimum atomic E-state index is -0.636. The number of amides is 2. The third-order valence-electron chi connectivity index (χ3n) is 3.84. The molecular weight excluding hydrogens is 384 g/mol. The summed E-state index contributed by atoms with van der Waals surface area (Å²) in [5.74, 6) is -0.314. The zero-order valence-electron chi connectivity index (χ0n) is 14.3. The lowest BCUT2D eigenvalue weighted by Gasteiger charge is -2.18. The van der Waals surface area contributed by atoms with Gasteiger partial charge in [0.05, 0.1) is 11.9 Å². The standard InChI is InChI=1S/C18H13ClN6O3/c19-12-3-4-15(28-18(27)24-7-1-5-20-11-24)14(9-12)23-17(26)13-10-22-25-8-2-6-21-16(13)25/h1-10H,11H2,(H,23,26). The Hall–Kier alpha value is -3.72. The molecule has 10 heteroatoms. The van der Waals surface area contributed by atoms with E-state index in [0.29, 0.717) is 10.7 Å². The molecule has 9 nitrogen and oxygen atoms in total. The van der Waals surface area contributed by atoms with Crippen molar-refractivity contribution in [2.24, 2.45) is 4.99 Å². The molecule has 28 heavy (non-hydrogen) atoms. The quantitative estimate of drug-likeness (QED) is 0.733. The molecule has 140 valence electrons. The number of aliphatic imine (C=N–C) groups is 1. The van der Waals surface area contributed by atoms with Crippen molar-refractivity contribution in [3.63, 3.8) is 0 Å². The second-order valence-electron chi connectivity index (χ2n) is 5.69. The third kappa shape index (κ3) is 3.55. The average molecular weight is 397 g/mol. The van der Waals surface area contributed by atoms with Crippen molar-refractivity contribution < 1.29 is 14.3 Å². The van der Waals surface area contributed by atoms with Crippen molar-refractivity contribution in [3.8, 4) is 5.75 Å². The number of hydrogen-bond donors (Lipinski definition) is 1. The molecule has 3 heterocycles. The molecule has 2 aromatic heterocycles. The molecule has 0 atom stereocenters. The Morgan fingerprint density at radius 2 is 2.18 bits per heavy atom. The smallest absolute Gasteiger partial charge is 0.408 e. The average Bonchev–Trinajstić information content (AvgIpc) is 3.15. The number of aromatic nitrogens is 3. The van der Waals surface area contributed by atoms with E-state index in [0.717, 1.165) is 0 Å². The van der Waals surface area contributed by atoms with Crippen LogP contribution >= 0.6 is 11.6 Å². The van der Waals surface area contributed by atoms with Gasteiger partial charge in [0, 0.05) is 29.8 Å². The number of carbonyl (C=O) groups is 2. The zero-order valence-corrected chi connectivity index (χ0v) is 15.1. The maximum absolute atomic E-state index is 12.7. The van der Waals surface area contributed by atoms with E-state index < -0.39 is 12.0 Å². The summed E-state index contributed by atoms with van der Waals surface area (Å²) in [6, 6.07) is 6.25. The molecule has 0 saturated heterocycles. The van der Waals surface area contributed by atoms with Crippen LogP contribution in [0.4, 0.5) is 10.5 Å². The molecule has 2 amide bonds. The van der Waals surface area contributed by atoms with Crippen LogP contribution in [0, 0.1) is 0 Å². The van der Waals surface area contributed by atoms with Crippen LogP contribution in [0.2, 0.25) is 5.02 Å². The fraction of sp³-hybridized carbons (Fsp3) is 0.0556. The molecule has 0 unspecified atom stereocenters. The van der Waals surface area contributed by atoms with E-state index in [1.807, 2.05) is 0 Å². The molecule has 0 aliphatic carbocycles. The fourth-order valence-corrected chi connectivity index (χ4v) is 2.69. The summed E-state index contributed by atoms with van der Waals surface area (Å²) in [5, 5.41) is 7.15. The number of anilines is 1. The van der Waals surface area contributed by atoms with E-state index >= 15 is 0 Å². The lowest BCUT2D eigenvalue weighted by atomic mass is 10.2. The number of allylic oxidation sites excluding steroid dienone is 1. The Morgan fingerprint density at radius 3 is 3.00 bits per heavy atom. The van der Waals surface area contributed by atoms with Gasteiger partial charge in [-0.1, -0.05) is 11.6 Å². The van der Waals surface area contributed by atoms with E-state index in [9.17, 15) is 9.59 Å². The molecule has 0 saturated carbocycles. The molecule has 1 N–H and O–H groups in total. The van der Waals surface area contributed by atoms with E-state index in [2.05, 4.69) is 20.4 Å². The van der Waals surface area contributed by atoms with E-state index in [1.165, 1.54) is 27.7 Å². The van der Waals surface area contributed by atoms with Crippen LogP contribution in [0.25, 0.3) is 5.65 Å². The lowest BCUT2D eigenvalue weighted by Crippen LogP contribution is -2.30. The van der Waals surface area contributed by atoms with Crippen LogP contribution < -0.4 is 10.1 Å². The number of nitrogens with zero attached hydrogens (tertiary/aromatic N) is 5. The highest BCUT2D eigenvalue weighted by Gasteiger charge is 2.19. The minimum absolute atomic E-state index is 0.148. The summed E-state index contributed by atoms with van der Waals surface area (Å²) < 4.78 is 6.88. The van der Waals surface area contributed by atoms with E-state index in [4.69, 9.17) is 16.3 Å². The SMILES string of the molecule is O=C(Nc1cc(Cl)ccc1OC(=O)N1C=CC=NC1)c1cnn2cccnc12. The van der Waals surface area contributed by atoms with Gasteiger partial charge in [-0.25, -0.2) is 14.3 Å². The van der Waals surface area contributed by atoms with Crippen LogP contribution in [0.15, 0.2) is 60.1 Å². The summed E-state index contributed by atoms with van der Waals surface area (Å²) >= 11 is 6.04. The summed E-state index contributed by atoms with van der Waals surface area (Å²) in [7, 11) is 0. The summed E-state index contributed by atoms with van der Waals surface area (Å²) in [5.41, 5.74) is 0.911. The molecule has 1 aromatic carbocycles. The van der Waals surface area contributed by atoms with E-state index in [1.54, 1.807) is 43.0 Å². The molecule has 4 rings (SSSR count). The van der Waals surface area contributed by atoms with Crippen LogP contribution in [0.1, 0.15) is 10.4 Å². The number of fused-ring (bicyclic) bond motifs is 1. The van der Waals surface area contributed by atoms with Crippen molar-refractivity contribution >= 4 is 41.2 Å². The van der Waals surface area contributed by atoms with Crippen LogP contribution in [-0.2, 0) is 0 Å². The molecule has 1 aliphatic rings. The number of nitrogens with one attached hydrogen (secondary N) is 1. The van der Waals surface area contributed by atoms with Gasteiger partial charge in [-0.2, -0.15) is 5.10 Å². The fourth-order valence-electron chi connectivity index (χ4n) is 2.52. The first-order chi connectivity index (χ1) is 13.6. The maximum Gasteiger partial charge on any atom is 0.420 e. The highest BCUT2D eigenvalue weighted by atomic mass is 35.5. The molecule has 3 aromatic rings. The van der Waals surface area contributed by atoms with Crippen molar-refractivity contribution in [1.29, 1.82) is 0 Å².